The molecule has 6 heteroatoms. The zero-order valence-electron chi connectivity index (χ0n) is 10.7. The Balaban J connectivity index is 1.66. The standard InChI is InChI=1S/C14H13N3OS2/c1-2-4-12-9(3-1)16-14(20-12)11-8-19-13(17-11)10-7-18-6-5-15-10/h1-4,8,10,15H,5-7H2. The number of para-hydroxylation sites is 1. The van der Waals surface area contributed by atoms with Crippen molar-refractivity contribution in [3.8, 4) is 10.7 Å². The number of aromatic nitrogens is 2. The molecule has 0 aliphatic carbocycles. The Morgan fingerprint density at radius 1 is 1.25 bits per heavy atom. The molecule has 102 valence electrons. The maximum absolute atomic E-state index is 5.49. The van der Waals surface area contributed by atoms with Gasteiger partial charge in [0.05, 0.1) is 29.5 Å². The third-order valence-electron chi connectivity index (χ3n) is 3.25. The molecular formula is C14H13N3OS2. The van der Waals surface area contributed by atoms with Crippen LogP contribution >= 0.6 is 22.7 Å². The Morgan fingerprint density at radius 3 is 3.05 bits per heavy atom. The molecule has 1 saturated heterocycles. The lowest BCUT2D eigenvalue weighted by atomic mass is 10.3. The van der Waals surface area contributed by atoms with Crippen LogP contribution in [0.25, 0.3) is 20.9 Å². The molecule has 1 fully saturated rings. The van der Waals surface area contributed by atoms with Gasteiger partial charge in [-0.1, -0.05) is 12.1 Å². The summed E-state index contributed by atoms with van der Waals surface area (Å²) in [5.74, 6) is 0. The average molecular weight is 303 g/mol. The van der Waals surface area contributed by atoms with E-state index in [0.29, 0.717) is 6.61 Å². The third kappa shape index (κ3) is 2.25. The Kier molecular flexibility index (Phi) is 3.23. The number of thiazole rings is 2. The van der Waals surface area contributed by atoms with E-state index in [0.717, 1.165) is 34.4 Å². The predicted molar refractivity (Wildman–Crippen MR) is 82.3 cm³/mol. The van der Waals surface area contributed by atoms with Gasteiger partial charge in [-0.15, -0.1) is 22.7 Å². The molecule has 3 aromatic rings. The summed E-state index contributed by atoms with van der Waals surface area (Å²) in [5, 5.41) is 7.59. The van der Waals surface area contributed by atoms with Crippen LogP contribution in [0, 0.1) is 0 Å². The number of ether oxygens (including phenoxy) is 1. The normalized spacial score (nSPS) is 19.5. The Labute approximate surface area is 124 Å². The highest BCUT2D eigenvalue weighted by molar-refractivity contribution is 7.21. The summed E-state index contributed by atoms with van der Waals surface area (Å²) in [7, 11) is 0. The molecule has 1 aliphatic heterocycles. The molecule has 4 rings (SSSR count). The number of hydrogen-bond acceptors (Lipinski definition) is 6. The van der Waals surface area contributed by atoms with E-state index < -0.39 is 0 Å². The van der Waals surface area contributed by atoms with Crippen LogP contribution in [-0.2, 0) is 4.74 Å². The first-order chi connectivity index (χ1) is 9.90. The number of hydrogen-bond donors (Lipinski definition) is 1. The molecule has 0 amide bonds. The van der Waals surface area contributed by atoms with Gasteiger partial charge in [-0.05, 0) is 12.1 Å². The second-order valence-corrected chi connectivity index (χ2v) is 6.56. The first-order valence-corrected chi connectivity index (χ1v) is 8.22. The zero-order valence-corrected chi connectivity index (χ0v) is 12.3. The van der Waals surface area contributed by atoms with Gasteiger partial charge < -0.3 is 10.1 Å². The fourth-order valence-electron chi connectivity index (χ4n) is 2.25. The van der Waals surface area contributed by atoms with Crippen molar-refractivity contribution in [1.82, 2.24) is 15.3 Å². The fourth-order valence-corrected chi connectivity index (χ4v) is 4.12. The quantitative estimate of drug-likeness (QED) is 0.790. The van der Waals surface area contributed by atoms with E-state index >= 15 is 0 Å². The van der Waals surface area contributed by atoms with Gasteiger partial charge in [0.1, 0.15) is 15.7 Å². The molecule has 2 aromatic heterocycles. The Hall–Kier alpha value is -1.34. The van der Waals surface area contributed by atoms with Gasteiger partial charge in [0.15, 0.2) is 0 Å². The van der Waals surface area contributed by atoms with E-state index in [1.807, 2.05) is 18.2 Å². The lowest BCUT2D eigenvalue weighted by Crippen LogP contribution is -2.34. The van der Waals surface area contributed by atoms with Gasteiger partial charge in [0.25, 0.3) is 0 Å². The van der Waals surface area contributed by atoms with Gasteiger partial charge >= 0.3 is 0 Å². The lowest BCUT2D eigenvalue weighted by molar-refractivity contribution is 0.0768. The van der Waals surface area contributed by atoms with E-state index in [1.54, 1.807) is 22.7 Å². The number of fused-ring (bicyclic) bond motifs is 1. The lowest BCUT2D eigenvalue weighted by Gasteiger charge is -2.21. The van der Waals surface area contributed by atoms with Crippen LogP contribution in [0.4, 0.5) is 0 Å². The van der Waals surface area contributed by atoms with E-state index in [2.05, 4.69) is 21.7 Å². The molecular weight excluding hydrogens is 290 g/mol. The van der Waals surface area contributed by atoms with E-state index in [4.69, 9.17) is 9.72 Å². The zero-order chi connectivity index (χ0) is 13.4. The topological polar surface area (TPSA) is 47.0 Å². The van der Waals surface area contributed by atoms with Crippen molar-refractivity contribution in [1.29, 1.82) is 0 Å². The highest BCUT2D eigenvalue weighted by Gasteiger charge is 2.19. The molecule has 20 heavy (non-hydrogen) atoms. The van der Waals surface area contributed by atoms with Crippen molar-refractivity contribution < 1.29 is 4.74 Å². The average Bonchev–Trinajstić information content (AvgIpc) is 3.14. The number of nitrogens with one attached hydrogen (secondary N) is 1. The van der Waals surface area contributed by atoms with Crippen molar-refractivity contribution in [2.24, 2.45) is 0 Å². The molecule has 0 spiro atoms. The molecule has 0 saturated carbocycles. The first kappa shape index (κ1) is 12.4. The fraction of sp³-hybridized carbons (Fsp3) is 0.286. The monoisotopic (exact) mass is 303 g/mol. The molecule has 1 aromatic carbocycles. The maximum atomic E-state index is 5.49. The molecule has 0 radical (unpaired) electrons. The van der Waals surface area contributed by atoms with Crippen LogP contribution < -0.4 is 5.32 Å². The van der Waals surface area contributed by atoms with E-state index in [9.17, 15) is 0 Å². The summed E-state index contributed by atoms with van der Waals surface area (Å²) in [6.45, 7) is 2.38. The third-order valence-corrected chi connectivity index (χ3v) is 5.27. The molecule has 3 heterocycles. The van der Waals surface area contributed by atoms with Gasteiger partial charge in [-0.3, -0.25) is 0 Å². The smallest absolute Gasteiger partial charge is 0.143 e. The van der Waals surface area contributed by atoms with Gasteiger partial charge in [0.2, 0.25) is 0 Å². The van der Waals surface area contributed by atoms with Crippen molar-refractivity contribution >= 4 is 32.9 Å². The molecule has 1 aliphatic rings. The van der Waals surface area contributed by atoms with Gasteiger partial charge in [-0.25, -0.2) is 9.97 Å². The number of nitrogens with zero attached hydrogens (tertiary/aromatic N) is 2. The second kappa shape index (κ2) is 5.21. The van der Waals surface area contributed by atoms with Gasteiger partial charge in [-0.2, -0.15) is 0 Å². The first-order valence-electron chi connectivity index (χ1n) is 6.53. The molecule has 1 N–H and O–H groups in total. The number of benzene rings is 1. The van der Waals surface area contributed by atoms with Crippen molar-refractivity contribution in [2.45, 2.75) is 6.04 Å². The van der Waals surface area contributed by atoms with Crippen molar-refractivity contribution in [3.05, 3.63) is 34.7 Å². The number of rotatable bonds is 2. The summed E-state index contributed by atoms with van der Waals surface area (Å²) in [4.78, 5) is 9.38. The highest BCUT2D eigenvalue weighted by Crippen LogP contribution is 2.32. The second-order valence-electron chi connectivity index (χ2n) is 4.64. The van der Waals surface area contributed by atoms with E-state index in [-0.39, 0.29) is 6.04 Å². The van der Waals surface area contributed by atoms with Crippen molar-refractivity contribution in [2.75, 3.05) is 19.8 Å². The summed E-state index contributed by atoms with van der Waals surface area (Å²) < 4.78 is 6.70. The number of morpholine rings is 1. The maximum Gasteiger partial charge on any atom is 0.143 e. The Morgan fingerprint density at radius 2 is 2.20 bits per heavy atom. The molecule has 1 unspecified atom stereocenters. The molecule has 4 nitrogen and oxygen atoms in total. The van der Waals surface area contributed by atoms with Crippen LogP contribution in [0.3, 0.4) is 0 Å². The largest absolute Gasteiger partial charge is 0.378 e. The predicted octanol–water partition coefficient (Wildman–Crippen LogP) is 3.08. The minimum Gasteiger partial charge on any atom is -0.378 e. The highest BCUT2D eigenvalue weighted by atomic mass is 32.1. The van der Waals surface area contributed by atoms with Crippen LogP contribution in [0.5, 0.6) is 0 Å². The van der Waals surface area contributed by atoms with E-state index in [1.165, 1.54) is 4.70 Å². The summed E-state index contributed by atoms with van der Waals surface area (Å²) in [5.41, 5.74) is 2.01. The van der Waals surface area contributed by atoms with Crippen LogP contribution in [0.15, 0.2) is 29.6 Å². The Bertz CT molecular complexity index is 698. The minimum absolute atomic E-state index is 0.219. The molecule has 0 bridgehead atoms. The summed E-state index contributed by atoms with van der Waals surface area (Å²) in [6, 6.07) is 8.41. The summed E-state index contributed by atoms with van der Waals surface area (Å²) >= 11 is 3.37. The van der Waals surface area contributed by atoms with Gasteiger partial charge in [0, 0.05) is 11.9 Å². The van der Waals surface area contributed by atoms with Crippen LogP contribution in [0.1, 0.15) is 11.0 Å². The minimum atomic E-state index is 0.219. The SMILES string of the molecule is c1ccc2sc(-c3csc(C4COCCN4)n3)nc2c1. The van der Waals surface area contributed by atoms with Crippen LogP contribution in [-0.4, -0.2) is 29.7 Å². The molecule has 1 atom stereocenters. The summed E-state index contributed by atoms with van der Waals surface area (Å²) in [6.07, 6.45) is 0. The van der Waals surface area contributed by atoms with Crippen molar-refractivity contribution in [3.63, 3.8) is 0 Å². The van der Waals surface area contributed by atoms with Crippen LogP contribution in [0.2, 0.25) is 0 Å².